The zero-order valence-electron chi connectivity index (χ0n) is 25.7. The van der Waals surface area contributed by atoms with Gasteiger partial charge in [-0.15, -0.1) is 0 Å². The molecule has 45 heavy (non-hydrogen) atoms. The SMILES string of the molecule is Cc1ccccc1N(CC(=O)N(Cc1cccc(Br)c1)[C@@H](Cc1ccccc1)C(=O)NC(C)(C)C)S(=O)(=O)c1ccc(Cl)cc1. The third-order valence-corrected chi connectivity index (χ3v) is 9.60. The molecular formula is C35H37BrClN3O4S. The fraction of sp³-hybridized carbons (Fsp3) is 0.257. The second-order valence-corrected chi connectivity index (χ2v) is 15.1. The molecule has 0 unspecified atom stereocenters. The molecule has 4 aromatic rings. The van der Waals surface area contributed by atoms with Crippen molar-refractivity contribution in [2.45, 2.75) is 57.1 Å². The second kappa shape index (κ2) is 14.6. The van der Waals surface area contributed by atoms with E-state index < -0.39 is 34.1 Å². The highest BCUT2D eigenvalue weighted by atomic mass is 79.9. The van der Waals surface area contributed by atoms with Crippen molar-refractivity contribution in [2.75, 3.05) is 10.8 Å². The first-order valence-corrected chi connectivity index (χ1v) is 17.1. The first-order chi connectivity index (χ1) is 21.2. The van der Waals surface area contributed by atoms with Crippen LogP contribution in [0.5, 0.6) is 0 Å². The molecule has 4 rings (SSSR count). The van der Waals surface area contributed by atoms with Gasteiger partial charge in [0.1, 0.15) is 12.6 Å². The molecule has 2 amide bonds. The van der Waals surface area contributed by atoms with Crippen LogP contribution in [0.2, 0.25) is 5.02 Å². The molecule has 4 aromatic carbocycles. The molecule has 0 saturated carbocycles. The van der Waals surface area contributed by atoms with Gasteiger partial charge >= 0.3 is 0 Å². The Kier molecular flexibility index (Phi) is 11.1. The molecular weight excluding hydrogens is 674 g/mol. The zero-order valence-corrected chi connectivity index (χ0v) is 28.9. The smallest absolute Gasteiger partial charge is 0.264 e. The number of amides is 2. The van der Waals surface area contributed by atoms with E-state index in [1.165, 1.54) is 29.2 Å². The molecule has 0 saturated heterocycles. The fourth-order valence-electron chi connectivity index (χ4n) is 4.93. The van der Waals surface area contributed by atoms with Gasteiger partial charge in [-0.3, -0.25) is 13.9 Å². The van der Waals surface area contributed by atoms with Gasteiger partial charge in [-0.1, -0.05) is 88.2 Å². The number of benzene rings is 4. The van der Waals surface area contributed by atoms with Crippen LogP contribution < -0.4 is 9.62 Å². The second-order valence-electron chi connectivity index (χ2n) is 11.8. The number of halogens is 2. The van der Waals surface area contributed by atoms with E-state index in [2.05, 4.69) is 21.2 Å². The Morgan fingerprint density at radius 3 is 2.11 bits per heavy atom. The number of sulfonamides is 1. The molecule has 1 N–H and O–H groups in total. The van der Waals surface area contributed by atoms with Crippen molar-refractivity contribution in [2.24, 2.45) is 0 Å². The topological polar surface area (TPSA) is 86.8 Å². The van der Waals surface area contributed by atoms with Gasteiger partial charge in [0.15, 0.2) is 0 Å². The van der Waals surface area contributed by atoms with Crippen LogP contribution in [0.15, 0.2) is 112 Å². The minimum Gasteiger partial charge on any atom is -0.350 e. The van der Waals surface area contributed by atoms with E-state index in [-0.39, 0.29) is 23.8 Å². The van der Waals surface area contributed by atoms with Crippen LogP contribution in [0, 0.1) is 6.92 Å². The maximum absolute atomic E-state index is 14.6. The summed E-state index contributed by atoms with van der Waals surface area (Å²) in [5.41, 5.74) is 2.11. The highest BCUT2D eigenvalue weighted by Gasteiger charge is 2.36. The van der Waals surface area contributed by atoms with Crippen LogP contribution in [0.25, 0.3) is 0 Å². The first-order valence-electron chi connectivity index (χ1n) is 14.5. The molecule has 0 aromatic heterocycles. The molecule has 0 aliphatic rings. The van der Waals surface area contributed by atoms with Gasteiger partial charge in [0.2, 0.25) is 11.8 Å². The molecule has 7 nitrogen and oxygen atoms in total. The molecule has 236 valence electrons. The van der Waals surface area contributed by atoms with E-state index >= 15 is 0 Å². The van der Waals surface area contributed by atoms with Crippen LogP contribution in [0.3, 0.4) is 0 Å². The normalized spacial score (nSPS) is 12.3. The average Bonchev–Trinajstić information content (AvgIpc) is 2.98. The quantitative estimate of drug-likeness (QED) is 0.179. The van der Waals surface area contributed by atoms with E-state index in [4.69, 9.17) is 11.6 Å². The van der Waals surface area contributed by atoms with Crippen LogP contribution >= 0.6 is 27.5 Å². The maximum atomic E-state index is 14.6. The van der Waals surface area contributed by atoms with Crippen molar-refractivity contribution in [3.05, 3.63) is 129 Å². The average molecular weight is 711 g/mol. The lowest BCUT2D eigenvalue weighted by molar-refractivity contribution is -0.140. The molecule has 0 aliphatic carbocycles. The summed E-state index contributed by atoms with van der Waals surface area (Å²) in [5, 5.41) is 3.43. The highest BCUT2D eigenvalue weighted by molar-refractivity contribution is 9.10. The minimum absolute atomic E-state index is 0.00666. The molecule has 0 heterocycles. The Balaban J connectivity index is 1.83. The lowest BCUT2D eigenvalue weighted by Gasteiger charge is -2.35. The molecule has 0 spiro atoms. The van der Waals surface area contributed by atoms with Gasteiger partial charge in [-0.05, 0) is 86.8 Å². The van der Waals surface area contributed by atoms with Crippen molar-refractivity contribution < 1.29 is 18.0 Å². The van der Waals surface area contributed by atoms with Crippen LogP contribution in [0.1, 0.15) is 37.5 Å². The largest absolute Gasteiger partial charge is 0.350 e. The third kappa shape index (κ3) is 9.19. The summed E-state index contributed by atoms with van der Waals surface area (Å²) in [5.74, 6) is -0.863. The number of nitrogens with one attached hydrogen (secondary N) is 1. The Morgan fingerprint density at radius 1 is 0.867 bits per heavy atom. The molecule has 1 atom stereocenters. The summed E-state index contributed by atoms with van der Waals surface area (Å²) in [7, 11) is -4.22. The summed E-state index contributed by atoms with van der Waals surface area (Å²) in [6, 6.07) is 28.8. The lowest BCUT2D eigenvalue weighted by Crippen LogP contribution is -2.56. The van der Waals surface area contributed by atoms with Crippen molar-refractivity contribution >= 4 is 55.1 Å². The van der Waals surface area contributed by atoms with Gasteiger partial charge in [-0.25, -0.2) is 8.42 Å². The van der Waals surface area contributed by atoms with Crippen molar-refractivity contribution in [1.82, 2.24) is 10.2 Å². The summed E-state index contributed by atoms with van der Waals surface area (Å²) in [4.78, 5) is 30.0. The number of hydrogen-bond acceptors (Lipinski definition) is 4. The van der Waals surface area contributed by atoms with Crippen LogP contribution in [-0.4, -0.2) is 43.3 Å². The number of carbonyl (C=O) groups is 2. The van der Waals surface area contributed by atoms with Crippen molar-refractivity contribution in [3.8, 4) is 0 Å². The maximum Gasteiger partial charge on any atom is 0.264 e. The van der Waals surface area contributed by atoms with Crippen LogP contribution in [0.4, 0.5) is 5.69 Å². The number of nitrogens with zero attached hydrogens (tertiary/aromatic N) is 2. The van der Waals surface area contributed by atoms with Crippen LogP contribution in [-0.2, 0) is 32.6 Å². The Hall–Kier alpha value is -3.66. The van der Waals surface area contributed by atoms with Gasteiger partial charge in [0.05, 0.1) is 10.6 Å². The predicted molar refractivity (Wildman–Crippen MR) is 184 cm³/mol. The third-order valence-electron chi connectivity index (χ3n) is 7.08. The summed E-state index contributed by atoms with van der Waals surface area (Å²) >= 11 is 9.57. The van der Waals surface area contributed by atoms with E-state index in [1.54, 1.807) is 31.2 Å². The number of anilines is 1. The Morgan fingerprint density at radius 2 is 1.49 bits per heavy atom. The molecule has 0 bridgehead atoms. The number of rotatable bonds is 11. The molecule has 0 aliphatic heterocycles. The first kappa shape index (κ1) is 34.2. The van der Waals surface area contributed by atoms with E-state index in [0.29, 0.717) is 16.3 Å². The lowest BCUT2D eigenvalue weighted by atomic mass is 10.0. The standard InChI is InChI=1S/C35H37BrClN3O4S/c1-25-11-8-9-16-31(25)40(45(43,44)30-19-17-29(37)18-20-30)24-33(41)39(23-27-14-10-15-28(36)21-27)32(34(42)38-35(2,3)4)22-26-12-6-5-7-13-26/h5-21,32H,22-24H2,1-4H3,(H,38,42)/t32-/m0/s1. The molecule has 0 radical (unpaired) electrons. The van der Waals surface area contributed by atoms with Gasteiger partial charge in [-0.2, -0.15) is 0 Å². The van der Waals surface area contributed by atoms with Gasteiger partial charge < -0.3 is 10.2 Å². The number of aryl methyl sites for hydroxylation is 1. The summed E-state index contributed by atoms with van der Waals surface area (Å²) < 4.78 is 30.3. The molecule has 0 fully saturated rings. The Bertz CT molecular complexity index is 1740. The molecule has 10 heteroatoms. The fourth-order valence-corrected chi connectivity index (χ4v) is 6.98. The predicted octanol–water partition coefficient (Wildman–Crippen LogP) is 7.16. The number of carbonyl (C=O) groups excluding carboxylic acids is 2. The van der Waals surface area contributed by atoms with Crippen molar-refractivity contribution in [3.63, 3.8) is 0 Å². The summed E-state index contributed by atoms with van der Waals surface area (Å²) in [6.45, 7) is 6.98. The van der Waals surface area contributed by atoms with E-state index in [1.807, 2.05) is 75.4 Å². The van der Waals surface area contributed by atoms with E-state index in [9.17, 15) is 18.0 Å². The Labute approximate surface area is 279 Å². The minimum atomic E-state index is -4.22. The van der Waals surface area contributed by atoms with Crippen molar-refractivity contribution in [1.29, 1.82) is 0 Å². The summed E-state index contributed by atoms with van der Waals surface area (Å²) in [6.07, 6.45) is 0.233. The number of hydrogen-bond donors (Lipinski definition) is 1. The monoisotopic (exact) mass is 709 g/mol. The van der Waals surface area contributed by atoms with Gasteiger partial charge in [0.25, 0.3) is 10.0 Å². The zero-order chi connectivity index (χ0) is 32.8. The van der Waals surface area contributed by atoms with E-state index in [0.717, 1.165) is 19.9 Å². The van der Waals surface area contributed by atoms with Gasteiger partial charge in [0, 0.05) is 28.0 Å². The highest BCUT2D eigenvalue weighted by Crippen LogP contribution is 2.28. The number of para-hydroxylation sites is 1.